The summed E-state index contributed by atoms with van der Waals surface area (Å²) in [5.74, 6) is -0.989. The van der Waals surface area contributed by atoms with Gasteiger partial charge in [0.1, 0.15) is 18.0 Å². The number of β-lactam (4-membered cyclic amide) rings is 1. The lowest BCUT2D eigenvalue weighted by Gasteiger charge is -2.47. The van der Waals surface area contributed by atoms with Crippen LogP contribution in [0.15, 0.2) is 40.4 Å². The van der Waals surface area contributed by atoms with E-state index in [1.54, 1.807) is 6.08 Å². The SMILES string of the molecule is CC1(C)S[C@H]2N(C(=O)C2(Br)N=CC(Cl)=Cc2ccccc2)[C@H]1C(=O)OCC(Cl)(Cl)Cl. The third kappa shape index (κ3) is 4.97. The lowest BCUT2D eigenvalue weighted by Crippen LogP contribution is -2.70. The van der Waals surface area contributed by atoms with Gasteiger partial charge in [-0.05, 0) is 41.4 Å². The quantitative estimate of drug-likeness (QED) is 0.155. The Bertz CT molecular complexity index is 907. The first kappa shape index (κ1) is 24.2. The van der Waals surface area contributed by atoms with Gasteiger partial charge >= 0.3 is 5.97 Å². The molecule has 0 spiro atoms. The maximum Gasteiger partial charge on any atom is 0.330 e. The number of alkyl halides is 4. The van der Waals surface area contributed by atoms with E-state index in [4.69, 9.17) is 51.1 Å². The summed E-state index contributed by atoms with van der Waals surface area (Å²) in [5.41, 5.74) is 0.910. The van der Waals surface area contributed by atoms with Crippen molar-refractivity contribution in [2.45, 2.75) is 38.3 Å². The number of amides is 1. The molecule has 2 saturated heterocycles. The zero-order valence-corrected chi connectivity index (χ0v) is 21.2. The van der Waals surface area contributed by atoms with E-state index in [1.165, 1.54) is 22.9 Å². The number of esters is 1. The highest BCUT2D eigenvalue weighted by Crippen LogP contribution is 2.58. The molecule has 1 aromatic rings. The van der Waals surface area contributed by atoms with E-state index in [2.05, 4.69) is 20.9 Å². The number of allylic oxidation sites excluding steroid dienone is 1. The minimum Gasteiger partial charge on any atom is -0.460 e. The number of fused-ring (bicyclic) bond motifs is 1. The third-order valence-corrected chi connectivity index (χ3v) is 7.98. The Morgan fingerprint density at radius 3 is 2.57 bits per heavy atom. The van der Waals surface area contributed by atoms with Crippen molar-refractivity contribution in [3.63, 3.8) is 0 Å². The maximum atomic E-state index is 12.9. The van der Waals surface area contributed by atoms with E-state index in [9.17, 15) is 9.59 Å². The van der Waals surface area contributed by atoms with Gasteiger partial charge in [-0.25, -0.2) is 4.79 Å². The van der Waals surface area contributed by atoms with Gasteiger partial charge in [0.05, 0.1) is 5.03 Å². The molecule has 0 N–H and O–H groups in total. The molecular weight excluding hydrogens is 558 g/mol. The molecule has 0 aromatic heterocycles. The molecule has 11 heteroatoms. The molecule has 2 heterocycles. The number of halogens is 5. The normalized spacial score (nSPS) is 28.4. The summed E-state index contributed by atoms with van der Waals surface area (Å²) in [5, 5.41) is -0.0464. The minimum atomic E-state index is -1.73. The zero-order chi connectivity index (χ0) is 22.3. The van der Waals surface area contributed by atoms with Gasteiger partial charge in [-0.2, -0.15) is 0 Å². The fourth-order valence-electron chi connectivity index (χ4n) is 3.24. The number of aliphatic imine (C=N–C) groups is 1. The number of carbonyl (C=O) groups is 2. The Labute approximate surface area is 207 Å². The Morgan fingerprint density at radius 2 is 1.97 bits per heavy atom. The third-order valence-electron chi connectivity index (χ3n) is 4.55. The van der Waals surface area contributed by atoms with E-state index in [1.807, 2.05) is 44.2 Å². The van der Waals surface area contributed by atoms with E-state index in [0.717, 1.165) is 5.56 Å². The molecule has 162 valence electrons. The molecule has 0 radical (unpaired) electrons. The molecule has 2 aliphatic heterocycles. The number of hydrogen-bond donors (Lipinski definition) is 0. The van der Waals surface area contributed by atoms with Crippen LogP contribution in [0.1, 0.15) is 19.4 Å². The molecule has 1 aromatic carbocycles. The smallest absolute Gasteiger partial charge is 0.330 e. The van der Waals surface area contributed by atoms with Crippen LogP contribution in [-0.2, 0) is 14.3 Å². The number of rotatable bonds is 5. The van der Waals surface area contributed by atoms with Gasteiger partial charge in [0.15, 0.2) is 0 Å². The van der Waals surface area contributed by atoms with Crippen LogP contribution < -0.4 is 0 Å². The summed E-state index contributed by atoms with van der Waals surface area (Å²) in [6.07, 6.45) is 3.17. The van der Waals surface area contributed by atoms with Crippen LogP contribution in [0.2, 0.25) is 0 Å². The first-order valence-corrected chi connectivity index (χ1v) is 11.9. The summed E-state index contributed by atoms with van der Waals surface area (Å²) in [6.45, 7) is 3.30. The van der Waals surface area contributed by atoms with Crippen molar-refractivity contribution in [3.8, 4) is 0 Å². The summed E-state index contributed by atoms with van der Waals surface area (Å²) < 4.78 is 1.56. The number of nitrogens with zero attached hydrogens (tertiary/aromatic N) is 2. The molecule has 0 bridgehead atoms. The lowest BCUT2D eigenvalue weighted by atomic mass is 9.96. The van der Waals surface area contributed by atoms with Crippen molar-refractivity contribution in [1.82, 2.24) is 4.90 Å². The molecule has 3 atom stereocenters. The van der Waals surface area contributed by atoms with Gasteiger partial charge in [-0.15, -0.1) is 11.8 Å². The van der Waals surface area contributed by atoms with Crippen LogP contribution in [-0.4, -0.2) is 54.0 Å². The Balaban J connectivity index is 1.76. The largest absolute Gasteiger partial charge is 0.460 e. The Hall–Kier alpha value is -0.440. The Morgan fingerprint density at radius 1 is 1.33 bits per heavy atom. The molecule has 30 heavy (non-hydrogen) atoms. The number of benzene rings is 1. The molecule has 1 amide bonds. The van der Waals surface area contributed by atoms with Crippen LogP contribution in [0.25, 0.3) is 6.08 Å². The molecule has 0 saturated carbocycles. The number of carbonyl (C=O) groups excluding carboxylic acids is 2. The first-order valence-electron chi connectivity index (χ1n) is 8.75. The number of hydrogen-bond acceptors (Lipinski definition) is 5. The molecular formula is C19H17BrCl4N2O3S. The molecule has 1 unspecified atom stereocenters. The van der Waals surface area contributed by atoms with E-state index in [0.29, 0.717) is 5.03 Å². The van der Waals surface area contributed by atoms with Crippen molar-refractivity contribution in [1.29, 1.82) is 0 Å². The second-order valence-electron chi connectivity index (χ2n) is 7.28. The number of ether oxygens (including phenoxy) is 1. The molecule has 5 nitrogen and oxygen atoms in total. The molecule has 2 fully saturated rings. The second kappa shape index (κ2) is 8.83. The summed E-state index contributed by atoms with van der Waals surface area (Å²) >= 11 is 28.1. The van der Waals surface area contributed by atoms with Crippen molar-refractivity contribution >= 4 is 98.3 Å². The maximum absolute atomic E-state index is 12.9. The summed E-state index contributed by atoms with van der Waals surface area (Å²) in [4.78, 5) is 31.4. The van der Waals surface area contributed by atoms with Crippen molar-refractivity contribution < 1.29 is 14.3 Å². The van der Waals surface area contributed by atoms with Gasteiger partial charge in [0.2, 0.25) is 8.24 Å². The number of thioether (sulfide) groups is 1. The van der Waals surface area contributed by atoms with E-state index in [-0.39, 0.29) is 5.91 Å². The van der Waals surface area contributed by atoms with Crippen molar-refractivity contribution in [3.05, 3.63) is 40.9 Å². The predicted octanol–water partition coefficient (Wildman–Crippen LogP) is 5.40. The van der Waals surface area contributed by atoms with Crippen LogP contribution in [0.5, 0.6) is 0 Å². The van der Waals surface area contributed by atoms with Crippen LogP contribution in [0, 0.1) is 0 Å². The van der Waals surface area contributed by atoms with Crippen LogP contribution >= 0.6 is 74.1 Å². The standard InChI is InChI=1S/C19H17BrCl4N2O3S/c1-17(2)13(14(27)29-10-18(22,23)24)26-15(28)19(20,16(26)30-17)25-9-12(21)8-11-6-4-3-5-7-11/h3-9,13,16H,10H2,1-2H3/t13-,16+,19?/m0/s1. The average Bonchev–Trinajstić information content (AvgIpc) is 2.93. The minimum absolute atomic E-state index is 0.359. The van der Waals surface area contributed by atoms with Gasteiger partial charge in [-0.1, -0.05) is 76.7 Å². The highest BCUT2D eigenvalue weighted by Gasteiger charge is 2.71. The van der Waals surface area contributed by atoms with E-state index < -0.39 is 37.0 Å². The predicted molar refractivity (Wildman–Crippen MR) is 128 cm³/mol. The first-order chi connectivity index (χ1) is 13.8. The topological polar surface area (TPSA) is 59.0 Å². The van der Waals surface area contributed by atoms with Gasteiger partial charge in [-0.3, -0.25) is 9.79 Å². The van der Waals surface area contributed by atoms with Crippen molar-refractivity contribution in [2.24, 2.45) is 4.99 Å². The van der Waals surface area contributed by atoms with Crippen molar-refractivity contribution in [2.75, 3.05) is 6.61 Å². The van der Waals surface area contributed by atoms with Gasteiger partial charge < -0.3 is 9.64 Å². The monoisotopic (exact) mass is 572 g/mol. The van der Waals surface area contributed by atoms with E-state index >= 15 is 0 Å². The highest BCUT2D eigenvalue weighted by atomic mass is 79.9. The summed E-state index contributed by atoms with van der Waals surface area (Å²) in [7, 11) is 0. The van der Waals surface area contributed by atoms with Gasteiger partial charge in [0.25, 0.3) is 5.91 Å². The fourth-order valence-corrected chi connectivity index (χ4v) is 5.95. The molecule has 2 aliphatic rings. The Kier molecular flexibility index (Phi) is 7.13. The summed E-state index contributed by atoms with van der Waals surface area (Å²) in [6, 6.07) is 8.67. The lowest BCUT2D eigenvalue weighted by molar-refractivity contribution is -0.163. The second-order valence-corrected chi connectivity index (χ2v) is 13.2. The molecule has 3 rings (SSSR count). The average molecular weight is 575 g/mol. The van der Waals surface area contributed by atoms with Gasteiger partial charge in [0, 0.05) is 11.0 Å². The van der Waals surface area contributed by atoms with Crippen LogP contribution in [0.4, 0.5) is 0 Å². The highest BCUT2D eigenvalue weighted by molar-refractivity contribution is 9.10. The zero-order valence-electron chi connectivity index (χ0n) is 15.8. The fraction of sp³-hybridized carbons (Fsp3) is 0.421. The van der Waals surface area contributed by atoms with Crippen LogP contribution in [0.3, 0.4) is 0 Å². The molecule has 0 aliphatic carbocycles.